The van der Waals surface area contributed by atoms with Crippen LogP contribution in [0.4, 0.5) is 0 Å². The summed E-state index contributed by atoms with van der Waals surface area (Å²) in [5, 5.41) is 40.5. The quantitative estimate of drug-likeness (QED) is 0.233. The average molecular weight is 637 g/mol. The fourth-order valence-corrected chi connectivity index (χ4v) is 15.1. The number of allylic oxidation sites excluding steroid dienone is 1. The van der Waals surface area contributed by atoms with Gasteiger partial charge in [-0.3, -0.25) is 9.59 Å². The summed E-state index contributed by atoms with van der Waals surface area (Å²) < 4.78 is 0. The minimum atomic E-state index is -0.616. The normalized spacial score (nSPS) is 53.4. The number of carboxylic acids is 2. The third-order valence-electron chi connectivity index (χ3n) is 17.2. The second kappa shape index (κ2) is 10.7. The minimum absolute atomic E-state index is 0.0119. The first-order valence-electron chi connectivity index (χ1n) is 18.8. The SMILES string of the molecule is C=C1[C@H]2CCC3[C@]4(C)CCC[C@@](C)(C(=O)O)C4CC[C@]3(C2)[C@H]1O.C[C@@]12CCC[C@@](C)(C(=O)O)C1CC[C@]13C=C(CO)[C@@H](CCC12)C3. The number of carboxylic acid groups (broad SMARTS) is 2. The van der Waals surface area contributed by atoms with Gasteiger partial charge in [0.2, 0.25) is 0 Å². The molecule has 0 amide bonds. The lowest BCUT2D eigenvalue weighted by molar-refractivity contribution is -0.190. The molecule has 0 aromatic heterocycles. The number of hydrogen-bond donors (Lipinski definition) is 4. The van der Waals surface area contributed by atoms with Gasteiger partial charge >= 0.3 is 11.9 Å². The molecule has 7 fully saturated rings. The fourth-order valence-electron chi connectivity index (χ4n) is 15.1. The summed E-state index contributed by atoms with van der Waals surface area (Å²) in [7, 11) is 0. The molecule has 6 nitrogen and oxygen atoms in total. The van der Waals surface area contributed by atoms with E-state index in [9.17, 15) is 30.0 Å². The Morgan fingerprint density at radius 2 is 1.26 bits per heavy atom. The first kappa shape index (κ1) is 32.9. The van der Waals surface area contributed by atoms with E-state index in [1.807, 2.05) is 13.8 Å². The number of rotatable bonds is 3. The molecule has 4 N–H and O–H groups in total. The van der Waals surface area contributed by atoms with E-state index in [0.717, 1.165) is 82.6 Å². The Bertz CT molecular complexity index is 1340. The van der Waals surface area contributed by atoms with Crippen molar-refractivity contribution in [3.63, 3.8) is 0 Å². The summed E-state index contributed by atoms with van der Waals surface area (Å²) >= 11 is 0. The van der Waals surface area contributed by atoms with Gasteiger partial charge in [-0.05, 0) is 167 Å². The van der Waals surface area contributed by atoms with Crippen molar-refractivity contribution in [3.8, 4) is 0 Å². The second-order valence-corrected chi connectivity index (χ2v) is 18.7. The van der Waals surface area contributed by atoms with Crippen molar-refractivity contribution in [2.75, 3.05) is 6.61 Å². The number of carbonyl (C=O) groups is 2. The van der Waals surface area contributed by atoms with Gasteiger partial charge in [-0.1, -0.05) is 39.3 Å². The average Bonchev–Trinajstić information content (AvgIpc) is 3.37. The molecule has 256 valence electrons. The summed E-state index contributed by atoms with van der Waals surface area (Å²) in [6, 6.07) is 0. The van der Waals surface area contributed by atoms with Crippen molar-refractivity contribution in [1.82, 2.24) is 0 Å². The van der Waals surface area contributed by atoms with E-state index in [1.54, 1.807) is 0 Å². The third-order valence-corrected chi connectivity index (χ3v) is 17.2. The highest BCUT2D eigenvalue weighted by Crippen LogP contribution is 2.73. The zero-order valence-electron chi connectivity index (χ0n) is 29.0. The van der Waals surface area contributed by atoms with Crippen molar-refractivity contribution in [2.24, 2.45) is 68.0 Å². The topological polar surface area (TPSA) is 115 Å². The van der Waals surface area contributed by atoms with Gasteiger partial charge in [0.05, 0.1) is 23.5 Å². The lowest BCUT2D eigenvalue weighted by atomic mass is 9.40. The molecule has 0 radical (unpaired) electrons. The van der Waals surface area contributed by atoms with Crippen molar-refractivity contribution in [3.05, 3.63) is 23.8 Å². The van der Waals surface area contributed by atoms with Gasteiger partial charge in [0, 0.05) is 5.41 Å². The molecule has 46 heavy (non-hydrogen) atoms. The first-order valence-corrected chi connectivity index (χ1v) is 18.8. The summed E-state index contributed by atoms with van der Waals surface area (Å²) in [6.07, 6.45) is 19.1. The Hall–Kier alpha value is -1.66. The van der Waals surface area contributed by atoms with Gasteiger partial charge in [0.25, 0.3) is 0 Å². The molecule has 4 bridgehead atoms. The zero-order valence-corrected chi connectivity index (χ0v) is 29.0. The molecular formula is C40H60O6. The van der Waals surface area contributed by atoms with E-state index in [2.05, 4.69) is 26.5 Å². The molecule has 13 atom stereocenters. The predicted octanol–water partition coefficient (Wildman–Crippen LogP) is 8.02. The monoisotopic (exact) mass is 636 g/mol. The highest BCUT2D eigenvalue weighted by atomic mass is 16.4. The van der Waals surface area contributed by atoms with E-state index in [-0.39, 0.29) is 40.3 Å². The van der Waals surface area contributed by atoms with Gasteiger partial charge in [0.15, 0.2) is 0 Å². The van der Waals surface area contributed by atoms with Crippen molar-refractivity contribution < 1.29 is 30.0 Å². The Morgan fingerprint density at radius 3 is 1.85 bits per heavy atom. The number of aliphatic hydroxyl groups excluding tert-OH is 2. The summed E-state index contributed by atoms with van der Waals surface area (Å²) in [6.45, 7) is 13.1. The summed E-state index contributed by atoms with van der Waals surface area (Å²) in [5.74, 6) is 1.49. The van der Waals surface area contributed by atoms with Crippen molar-refractivity contribution >= 4 is 11.9 Å². The van der Waals surface area contributed by atoms with Gasteiger partial charge in [-0.2, -0.15) is 0 Å². The predicted molar refractivity (Wildman–Crippen MR) is 178 cm³/mol. The van der Waals surface area contributed by atoms with Gasteiger partial charge in [-0.15, -0.1) is 0 Å². The largest absolute Gasteiger partial charge is 0.481 e. The highest BCUT2D eigenvalue weighted by molar-refractivity contribution is 5.75. The molecule has 0 aliphatic heterocycles. The number of hydrogen-bond acceptors (Lipinski definition) is 4. The van der Waals surface area contributed by atoms with Crippen LogP contribution in [0.3, 0.4) is 0 Å². The van der Waals surface area contributed by atoms with Gasteiger partial charge < -0.3 is 20.4 Å². The molecule has 4 unspecified atom stereocenters. The zero-order chi connectivity index (χ0) is 33.1. The van der Waals surface area contributed by atoms with E-state index in [0.29, 0.717) is 29.6 Å². The fraction of sp³-hybridized carbons (Fsp3) is 0.850. The van der Waals surface area contributed by atoms with Crippen LogP contribution in [0.5, 0.6) is 0 Å². The standard InChI is InChI=1S/2C20H30O3/c1-12-13-5-6-15-18(2)8-4-9-19(3,17(22)23)14(18)7-10-20(15,11-13)16(12)21;1-18-7-3-8-19(2,17(22)23)15(18)6-9-20-10-13(4-5-16(18)20)14(11-20)12-21/h13-16,21H,1,4-11H2,2-3H3,(H,22,23);11,13,15-16,21H,3-10,12H2,1-2H3,(H,22,23)/t13-,14?,15?,16-,18+,19+,20+;13-,15?,16?,18+,19+,20-/m00/s1. The first-order chi connectivity index (χ1) is 21.6. The van der Waals surface area contributed by atoms with Crippen LogP contribution < -0.4 is 0 Å². The van der Waals surface area contributed by atoms with Crippen molar-refractivity contribution in [1.29, 1.82) is 0 Å². The van der Waals surface area contributed by atoms with Crippen LogP contribution in [0, 0.1) is 68.0 Å². The van der Waals surface area contributed by atoms with E-state index >= 15 is 0 Å². The maximum atomic E-state index is 12.0. The molecule has 8 rings (SSSR count). The molecule has 0 aromatic rings. The molecule has 2 spiro atoms. The van der Waals surface area contributed by atoms with Crippen LogP contribution in [0.2, 0.25) is 0 Å². The Morgan fingerprint density at radius 1 is 0.717 bits per heavy atom. The van der Waals surface area contributed by atoms with Crippen LogP contribution >= 0.6 is 0 Å². The van der Waals surface area contributed by atoms with Crippen LogP contribution in [-0.4, -0.2) is 45.1 Å². The Balaban J connectivity index is 0.000000147. The molecule has 7 saturated carbocycles. The molecular weight excluding hydrogens is 576 g/mol. The number of aliphatic carboxylic acids is 2. The van der Waals surface area contributed by atoms with Crippen LogP contribution in [0.1, 0.15) is 130 Å². The van der Waals surface area contributed by atoms with Gasteiger partial charge in [0.1, 0.15) is 0 Å². The third kappa shape index (κ3) is 4.19. The summed E-state index contributed by atoms with van der Waals surface area (Å²) in [4.78, 5) is 24.1. The smallest absolute Gasteiger partial charge is 0.309 e. The van der Waals surface area contributed by atoms with Gasteiger partial charge in [-0.25, -0.2) is 0 Å². The van der Waals surface area contributed by atoms with Crippen LogP contribution in [-0.2, 0) is 9.59 Å². The maximum Gasteiger partial charge on any atom is 0.309 e. The Kier molecular flexibility index (Phi) is 7.62. The molecule has 6 heteroatoms. The number of aliphatic hydroxyl groups is 2. The lowest BCUT2D eigenvalue weighted by Crippen LogP contribution is -2.60. The molecule has 0 aromatic carbocycles. The maximum absolute atomic E-state index is 12.0. The lowest BCUT2D eigenvalue weighted by Gasteiger charge is -2.63. The van der Waals surface area contributed by atoms with E-state index in [1.165, 1.54) is 31.3 Å². The van der Waals surface area contributed by atoms with E-state index in [4.69, 9.17) is 0 Å². The van der Waals surface area contributed by atoms with E-state index < -0.39 is 22.8 Å². The van der Waals surface area contributed by atoms with Crippen LogP contribution in [0.15, 0.2) is 23.8 Å². The van der Waals surface area contributed by atoms with Crippen molar-refractivity contribution in [2.45, 2.75) is 137 Å². The second-order valence-electron chi connectivity index (χ2n) is 18.7. The molecule has 0 saturated heterocycles. The Labute approximate surface area is 276 Å². The molecule has 0 heterocycles. The number of fused-ring (bicyclic) bond motifs is 6. The minimum Gasteiger partial charge on any atom is -0.481 e. The van der Waals surface area contributed by atoms with Crippen LogP contribution in [0.25, 0.3) is 0 Å². The molecule has 8 aliphatic rings. The highest BCUT2D eigenvalue weighted by Gasteiger charge is 2.68. The molecule has 8 aliphatic carbocycles. The summed E-state index contributed by atoms with van der Waals surface area (Å²) in [5.41, 5.74) is 1.64.